The van der Waals surface area contributed by atoms with Gasteiger partial charge in [-0.2, -0.15) is 0 Å². The van der Waals surface area contributed by atoms with Gasteiger partial charge >= 0.3 is 0 Å². The van der Waals surface area contributed by atoms with Crippen LogP contribution in [0.2, 0.25) is 0 Å². The van der Waals surface area contributed by atoms with Crippen LogP contribution in [0.25, 0.3) is 0 Å². The minimum Gasteiger partial charge on any atom is -0.389 e. The molecule has 1 fully saturated rings. The Labute approximate surface area is 148 Å². The smallest absolute Gasteiger partial charge is 0.146 e. The molecule has 0 amide bonds. The number of β-amino-alcohol motifs (C(OH)–C–C–N with tert-alkyl or cyclic N) is 1. The molecule has 5 heteroatoms. The number of piperazine rings is 1. The molecule has 0 radical (unpaired) electrons. The molecular weight excluding hydrogens is 319 g/mol. The van der Waals surface area contributed by atoms with Gasteiger partial charge in [0.05, 0.1) is 25.0 Å². The largest absolute Gasteiger partial charge is 0.389 e. The van der Waals surface area contributed by atoms with Crippen LogP contribution in [0.15, 0.2) is 54.6 Å². The fourth-order valence-corrected chi connectivity index (χ4v) is 3.12. The van der Waals surface area contributed by atoms with E-state index in [1.165, 1.54) is 6.07 Å². The molecule has 0 aromatic heterocycles. The Morgan fingerprint density at radius 1 is 0.960 bits per heavy atom. The summed E-state index contributed by atoms with van der Waals surface area (Å²) < 4.78 is 19.4. The third kappa shape index (κ3) is 5.26. The van der Waals surface area contributed by atoms with Crippen molar-refractivity contribution in [3.05, 3.63) is 66.0 Å². The van der Waals surface area contributed by atoms with Gasteiger partial charge < -0.3 is 14.7 Å². The third-order valence-corrected chi connectivity index (χ3v) is 4.46. The van der Waals surface area contributed by atoms with Gasteiger partial charge in [0.2, 0.25) is 0 Å². The molecule has 1 atom stereocenters. The number of ether oxygens (including phenoxy) is 1. The quantitative estimate of drug-likeness (QED) is 0.837. The zero-order valence-corrected chi connectivity index (χ0v) is 14.4. The van der Waals surface area contributed by atoms with E-state index in [0.717, 1.165) is 31.7 Å². The monoisotopic (exact) mass is 344 g/mol. The maximum Gasteiger partial charge on any atom is 0.146 e. The van der Waals surface area contributed by atoms with E-state index in [1.54, 1.807) is 6.07 Å². The number of nitrogens with zero attached hydrogens (tertiary/aromatic N) is 2. The minimum atomic E-state index is -0.510. The summed E-state index contributed by atoms with van der Waals surface area (Å²) in [6, 6.07) is 16.8. The average Bonchev–Trinajstić information content (AvgIpc) is 2.64. The van der Waals surface area contributed by atoms with Crippen LogP contribution in [-0.4, -0.2) is 55.4 Å². The second-order valence-electron chi connectivity index (χ2n) is 6.39. The summed E-state index contributed by atoms with van der Waals surface area (Å²) in [7, 11) is 0. The maximum atomic E-state index is 13.8. The summed E-state index contributed by atoms with van der Waals surface area (Å²) in [5.41, 5.74) is 1.77. The Morgan fingerprint density at radius 2 is 1.64 bits per heavy atom. The molecule has 0 unspecified atom stereocenters. The van der Waals surface area contributed by atoms with Crippen LogP contribution in [-0.2, 0) is 11.3 Å². The van der Waals surface area contributed by atoms with Gasteiger partial charge in [0.1, 0.15) is 5.82 Å². The number of para-hydroxylation sites is 1. The number of benzene rings is 2. The van der Waals surface area contributed by atoms with Crippen molar-refractivity contribution in [3.63, 3.8) is 0 Å². The molecule has 0 aliphatic carbocycles. The van der Waals surface area contributed by atoms with Gasteiger partial charge in [0.25, 0.3) is 0 Å². The van der Waals surface area contributed by atoms with E-state index in [2.05, 4.69) is 9.80 Å². The predicted octanol–water partition coefficient (Wildman–Crippen LogP) is 2.53. The second-order valence-corrected chi connectivity index (χ2v) is 6.39. The summed E-state index contributed by atoms with van der Waals surface area (Å²) in [6.07, 6.45) is -0.510. The van der Waals surface area contributed by atoms with Crippen LogP contribution in [0.3, 0.4) is 0 Å². The fraction of sp³-hybridized carbons (Fsp3) is 0.400. The number of hydrogen-bond acceptors (Lipinski definition) is 4. The van der Waals surface area contributed by atoms with E-state index < -0.39 is 6.10 Å². The van der Waals surface area contributed by atoms with E-state index in [4.69, 9.17) is 4.74 Å². The molecule has 1 heterocycles. The summed E-state index contributed by atoms with van der Waals surface area (Å²) in [5.74, 6) is -0.176. The van der Waals surface area contributed by atoms with Crippen molar-refractivity contribution >= 4 is 5.69 Å². The average molecular weight is 344 g/mol. The molecule has 2 aromatic carbocycles. The molecule has 0 spiro atoms. The number of rotatable bonds is 7. The molecule has 25 heavy (non-hydrogen) atoms. The van der Waals surface area contributed by atoms with Crippen molar-refractivity contribution in [2.24, 2.45) is 0 Å². The van der Waals surface area contributed by atoms with Crippen molar-refractivity contribution in [1.29, 1.82) is 0 Å². The zero-order valence-electron chi connectivity index (χ0n) is 14.4. The topological polar surface area (TPSA) is 35.9 Å². The molecule has 3 rings (SSSR count). The fourth-order valence-electron chi connectivity index (χ4n) is 3.12. The van der Waals surface area contributed by atoms with Gasteiger partial charge in [0.15, 0.2) is 0 Å². The summed E-state index contributed by atoms with van der Waals surface area (Å²) >= 11 is 0. The molecule has 4 nitrogen and oxygen atoms in total. The number of hydrogen-bond donors (Lipinski definition) is 1. The molecule has 1 N–H and O–H groups in total. The molecule has 1 saturated heterocycles. The highest BCUT2D eigenvalue weighted by Gasteiger charge is 2.21. The lowest BCUT2D eigenvalue weighted by Gasteiger charge is -2.36. The van der Waals surface area contributed by atoms with Crippen molar-refractivity contribution in [2.45, 2.75) is 12.7 Å². The van der Waals surface area contributed by atoms with Gasteiger partial charge in [-0.15, -0.1) is 0 Å². The van der Waals surface area contributed by atoms with Crippen LogP contribution in [0, 0.1) is 5.82 Å². The Hall–Kier alpha value is -1.95. The van der Waals surface area contributed by atoms with Gasteiger partial charge in [-0.05, 0) is 17.7 Å². The summed E-state index contributed by atoms with van der Waals surface area (Å²) in [4.78, 5) is 4.26. The molecule has 2 aromatic rings. The number of aliphatic hydroxyl groups is 1. The van der Waals surface area contributed by atoms with Crippen LogP contribution in [0.4, 0.5) is 10.1 Å². The highest BCUT2D eigenvalue weighted by atomic mass is 19.1. The first-order chi connectivity index (χ1) is 12.2. The van der Waals surface area contributed by atoms with E-state index in [0.29, 0.717) is 25.4 Å². The zero-order chi connectivity index (χ0) is 17.5. The van der Waals surface area contributed by atoms with Gasteiger partial charge in [0, 0.05) is 32.7 Å². The first-order valence-corrected chi connectivity index (χ1v) is 8.74. The number of anilines is 1. The van der Waals surface area contributed by atoms with E-state index in [9.17, 15) is 9.50 Å². The summed E-state index contributed by atoms with van der Waals surface area (Å²) in [5, 5.41) is 10.2. The highest BCUT2D eigenvalue weighted by Crippen LogP contribution is 2.20. The van der Waals surface area contributed by atoms with Crippen molar-refractivity contribution in [1.82, 2.24) is 4.90 Å². The molecule has 1 aliphatic heterocycles. The highest BCUT2D eigenvalue weighted by molar-refractivity contribution is 5.47. The Bertz CT molecular complexity index is 645. The SMILES string of the molecule is O[C@@H](COCc1ccccc1)CN1CCN(c2ccccc2F)CC1. The van der Waals surface area contributed by atoms with E-state index in [-0.39, 0.29) is 5.82 Å². The van der Waals surface area contributed by atoms with Crippen LogP contribution in [0.1, 0.15) is 5.56 Å². The van der Waals surface area contributed by atoms with Gasteiger partial charge in [-0.3, -0.25) is 4.90 Å². The van der Waals surface area contributed by atoms with Gasteiger partial charge in [-0.1, -0.05) is 42.5 Å². The van der Waals surface area contributed by atoms with Crippen LogP contribution >= 0.6 is 0 Å². The summed E-state index contributed by atoms with van der Waals surface area (Å²) in [6.45, 7) is 4.56. The first kappa shape index (κ1) is 17.9. The van der Waals surface area contributed by atoms with Gasteiger partial charge in [-0.25, -0.2) is 4.39 Å². The number of aliphatic hydroxyl groups excluding tert-OH is 1. The molecular formula is C20H25FN2O2. The standard InChI is InChI=1S/C20H25FN2O2/c21-19-8-4-5-9-20(19)23-12-10-22(11-13-23)14-18(24)16-25-15-17-6-2-1-3-7-17/h1-9,18,24H,10-16H2/t18-/m1/s1. The molecule has 134 valence electrons. The van der Waals surface area contributed by atoms with Crippen molar-refractivity contribution < 1.29 is 14.2 Å². The van der Waals surface area contributed by atoms with Crippen LogP contribution in [0.5, 0.6) is 0 Å². The second kappa shape index (κ2) is 8.94. The Morgan fingerprint density at radius 3 is 2.36 bits per heavy atom. The normalized spacial score (nSPS) is 16.8. The predicted molar refractivity (Wildman–Crippen MR) is 97.2 cm³/mol. The van der Waals surface area contributed by atoms with Crippen LogP contribution < -0.4 is 4.90 Å². The Balaban J connectivity index is 1.38. The van der Waals surface area contributed by atoms with E-state index in [1.807, 2.05) is 42.5 Å². The van der Waals surface area contributed by atoms with Crippen molar-refractivity contribution in [2.75, 3.05) is 44.2 Å². The Kier molecular flexibility index (Phi) is 6.39. The first-order valence-electron chi connectivity index (χ1n) is 8.74. The number of halogens is 1. The lowest BCUT2D eigenvalue weighted by molar-refractivity contribution is 0.00912. The molecule has 0 saturated carbocycles. The third-order valence-electron chi connectivity index (χ3n) is 4.46. The minimum absolute atomic E-state index is 0.176. The van der Waals surface area contributed by atoms with E-state index >= 15 is 0 Å². The molecule has 1 aliphatic rings. The molecule has 0 bridgehead atoms. The lowest BCUT2D eigenvalue weighted by Crippen LogP contribution is -2.49. The maximum absolute atomic E-state index is 13.8. The lowest BCUT2D eigenvalue weighted by atomic mass is 10.2. The van der Waals surface area contributed by atoms with Crippen molar-refractivity contribution in [3.8, 4) is 0 Å².